The Hall–Kier alpha value is -2.57. The van der Waals surface area contributed by atoms with Crippen LogP contribution in [0, 0.1) is 6.92 Å². The summed E-state index contributed by atoms with van der Waals surface area (Å²) in [4.78, 5) is 34.2. The quantitative estimate of drug-likeness (QED) is 0.559. The summed E-state index contributed by atoms with van der Waals surface area (Å²) in [5.41, 5.74) is 1.00. The standard InChI is InChI=1S/C16H22N2O5/c1-3-4-8-17-16(21)18-14(19)10-23-15(20)11-22-13-7-5-6-12(2)9-13/h5-7,9H,3-4,8,10-11H2,1-2H3,(H2,17,18,19,21). The molecule has 0 saturated carbocycles. The normalized spacial score (nSPS) is 9.83. The molecule has 0 saturated heterocycles. The number of unbranched alkanes of at least 4 members (excludes halogenated alkanes) is 1. The van der Waals surface area contributed by atoms with Crippen LogP contribution in [0.5, 0.6) is 5.75 Å². The van der Waals surface area contributed by atoms with Crippen molar-refractivity contribution in [2.75, 3.05) is 19.8 Å². The highest BCUT2D eigenvalue weighted by atomic mass is 16.6. The minimum atomic E-state index is -0.692. The fourth-order valence-corrected chi connectivity index (χ4v) is 1.62. The highest BCUT2D eigenvalue weighted by Gasteiger charge is 2.11. The molecule has 0 heterocycles. The lowest BCUT2D eigenvalue weighted by molar-refractivity contribution is -0.150. The summed E-state index contributed by atoms with van der Waals surface area (Å²) in [5, 5.41) is 4.59. The molecule has 0 bridgehead atoms. The van der Waals surface area contributed by atoms with Gasteiger partial charge < -0.3 is 14.8 Å². The van der Waals surface area contributed by atoms with Crippen LogP contribution in [0.3, 0.4) is 0 Å². The summed E-state index contributed by atoms with van der Waals surface area (Å²) in [6.07, 6.45) is 1.76. The Morgan fingerprint density at radius 3 is 2.65 bits per heavy atom. The van der Waals surface area contributed by atoms with E-state index in [4.69, 9.17) is 9.47 Å². The first kappa shape index (κ1) is 18.5. The molecule has 23 heavy (non-hydrogen) atoms. The minimum Gasteiger partial charge on any atom is -0.482 e. The van der Waals surface area contributed by atoms with Gasteiger partial charge >= 0.3 is 12.0 Å². The van der Waals surface area contributed by atoms with E-state index in [0.29, 0.717) is 12.3 Å². The van der Waals surface area contributed by atoms with Gasteiger partial charge in [-0.15, -0.1) is 0 Å². The summed E-state index contributed by atoms with van der Waals surface area (Å²) >= 11 is 0. The summed E-state index contributed by atoms with van der Waals surface area (Å²) in [6.45, 7) is 3.54. The van der Waals surface area contributed by atoms with Gasteiger partial charge in [-0.05, 0) is 31.0 Å². The number of nitrogens with one attached hydrogen (secondary N) is 2. The molecule has 0 fully saturated rings. The number of ether oxygens (including phenoxy) is 2. The number of urea groups is 1. The van der Waals surface area contributed by atoms with E-state index in [0.717, 1.165) is 18.4 Å². The first-order valence-electron chi connectivity index (χ1n) is 7.44. The smallest absolute Gasteiger partial charge is 0.344 e. The SMILES string of the molecule is CCCCNC(=O)NC(=O)COC(=O)COc1cccc(C)c1. The van der Waals surface area contributed by atoms with Crippen molar-refractivity contribution in [1.29, 1.82) is 0 Å². The highest BCUT2D eigenvalue weighted by molar-refractivity contribution is 5.95. The van der Waals surface area contributed by atoms with E-state index in [-0.39, 0.29) is 6.61 Å². The van der Waals surface area contributed by atoms with Gasteiger partial charge in [0.05, 0.1) is 0 Å². The maximum absolute atomic E-state index is 11.5. The number of benzene rings is 1. The van der Waals surface area contributed by atoms with Crippen LogP contribution in [-0.2, 0) is 14.3 Å². The maximum Gasteiger partial charge on any atom is 0.344 e. The van der Waals surface area contributed by atoms with Crippen molar-refractivity contribution in [1.82, 2.24) is 10.6 Å². The van der Waals surface area contributed by atoms with Crippen LogP contribution in [0.1, 0.15) is 25.3 Å². The average molecular weight is 322 g/mol. The second-order valence-corrected chi connectivity index (χ2v) is 4.92. The van der Waals surface area contributed by atoms with Crippen molar-refractivity contribution in [3.8, 4) is 5.75 Å². The predicted molar refractivity (Wildman–Crippen MR) is 84.1 cm³/mol. The minimum absolute atomic E-state index is 0.306. The average Bonchev–Trinajstić information content (AvgIpc) is 2.51. The van der Waals surface area contributed by atoms with Crippen molar-refractivity contribution >= 4 is 17.9 Å². The van der Waals surface area contributed by atoms with Crippen LogP contribution in [0.15, 0.2) is 24.3 Å². The van der Waals surface area contributed by atoms with E-state index in [1.807, 2.05) is 19.9 Å². The van der Waals surface area contributed by atoms with Gasteiger partial charge in [0.2, 0.25) is 0 Å². The van der Waals surface area contributed by atoms with Crippen molar-refractivity contribution < 1.29 is 23.9 Å². The van der Waals surface area contributed by atoms with Crippen molar-refractivity contribution in [3.63, 3.8) is 0 Å². The molecule has 0 aliphatic heterocycles. The van der Waals surface area contributed by atoms with Crippen LogP contribution in [0.25, 0.3) is 0 Å². The van der Waals surface area contributed by atoms with E-state index in [1.54, 1.807) is 18.2 Å². The summed E-state index contributed by atoms with van der Waals surface area (Å²) in [7, 11) is 0. The van der Waals surface area contributed by atoms with Gasteiger partial charge in [-0.2, -0.15) is 0 Å². The van der Waals surface area contributed by atoms with Gasteiger partial charge in [0.25, 0.3) is 5.91 Å². The molecule has 0 aromatic heterocycles. The molecule has 7 heteroatoms. The lowest BCUT2D eigenvalue weighted by Gasteiger charge is -2.08. The van der Waals surface area contributed by atoms with Crippen molar-refractivity contribution in [3.05, 3.63) is 29.8 Å². The fourth-order valence-electron chi connectivity index (χ4n) is 1.62. The Bertz CT molecular complexity index is 545. The zero-order chi connectivity index (χ0) is 17.1. The number of esters is 1. The number of hydrogen-bond donors (Lipinski definition) is 2. The van der Waals surface area contributed by atoms with Gasteiger partial charge in [-0.25, -0.2) is 9.59 Å². The molecule has 0 unspecified atom stereocenters. The largest absolute Gasteiger partial charge is 0.482 e. The molecule has 0 atom stereocenters. The first-order chi connectivity index (χ1) is 11.0. The fraction of sp³-hybridized carbons (Fsp3) is 0.438. The molecule has 0 aliphatic carbocycles. The number of carbonyl (C=O) groups is 3. The molecular formula is C16H22N2O5. The Kier molecular flexibility index (Phi) is 8.20. The number of carbonyl (C=O) groups excluding carboxylic acids is 3. The van der Waals surface area contributed by atoms with E-state index in [1.165, 1.54) is 0 Å². The van der Waals surface area contributed by atoms with Gasteiger partial charge in [-0.3, -0.25) is 10.1 Å². The topological polar surface area (TPSA) is 93.7 Å². The third kappa shape index (κ3) is 8.45. The molecule has 1 aromatic rings. The van der Waals surface area contributed by atoms with E-state index < -0.39 is 24.5 Å². The zero-order valence-corrected chi connectivity index (χ0v) is 13.4. The molecule has 1 rings (SSSR count). The number of hydrogen-bond acceptors (Lipinski definition) is 5. The van der Waals surface area contributed by atoms with Crippen LogP contribution < -0.4 is 15.4 Å². The molecule has 126 valence electrons. The molecule has 0 radical (unpaired) electrons. The zero-order valence-electron chi connectivity index (χ0n) is 13.4. The molecule has 7 nitrogen and oxygen atoms in total. The molecule has 1 aromatic carbocycles. The van der Waals surface area contributed by atoms with Crippen molar-refractivity contribution in [2.45, 2.75) is 26.7 Å². The predicted octanol–water partition coefficient (Wildman–Crippen LogP) is 1.54. The lowest BCUT2D eigenvalue weighted by Crippen LogP contribution is -2.41. The third-order valence-electron chi connectivity index (χ3n) is 2.78. The molecule has 0 spiro atoms. The first-order valence-corrected chi connectivity index (χ1v) is 7.44. The Morgan fingerprint density at radius 1 is 1.17 bits per heavy atom. The van der Waals surface area contributed by atoms with E-state index in [9.17, 15) is 14.4 Å². The van der Waals surface area contributed by atoms with Gasteiger partial charge in [0.15, 0.2) is 13.2 Å². The van der Waals surface area contributed by atoms with Crippen LogP contribution in [0.2, 0.25) is 0 Å². The lowest BCUT2D eigenvalue weighted by atomic mass is 10.2. The number of imide groups is 1. The van der Waals surface area contributed by atoms with E-state index in [2.05, 4.69) is 10.6 Å². The highest BCUT2D eigenvalue weighted by Crippen LogP contribution is 2.11. The van der Waals surface area contributed by atoms with Crippen LogP contribution >= 0.6 is 0 Å². The van der Waals surface area contributed by atoms with Crippen LogP contribution in [0.4, 0.5) is 4.79 Å². The van der Waals surface area contributed by atoms with Gasteiger partial charge in [0, 0.05) is 6.54 Å². The van der Waals surface area contributed by atoms with Crippen molar-refractivity contribution in [2.24, 2.45) is 0 Å². The summed E-state index contributed by atoms with van der Waals surface area (Å²) in [5.74, 6) is -0.836. The third-order valence-corrected chi connectivity index (χ3v) is 2.78. The number of aryl methyl sites for hydroxylation is 1. The monoisotopic (exact) mass is 322 g/mol. The van der Waals surface area contributed by atoms with Gasteiger partial charge in [0.1, 0.15) is 5.75 Å². The second kappa shape index (κ2) is 10.2. The molecule has 2 N–H and O–H groups in total. The Balaban J connectivity index is 2.19. The molecule has 0 aliphatic rings. The molecule has 3 amide bonds. The summed E-state index contributed by atoms with van der Waals surface area (Å²) in [6, 6.07) is 6.60. The molecular weight excluding hydrogens is 300 g/mol. The summed E-state index contributed by atoms with van der Waals surface area (Å²) < 4.78 is 9.97. The number of amides is 3. The maximum atomic E-state index is 11.5. The van der Waals surface area contributed by atoms with E-state index >= 15 is 0 Å². The Morgan fingerprint density at radius 2 is 1.96 bits per heavy atom. The number of rotatable bonds is 8. The van der Waals surface area contributed by atoms with Gasteiger partial charge in [-0.1, -0.05) is 25.5 Å². The van der Waals surface area contributed by atoms with Crippen LogP contribution in [-0.4, -0.2) is 37.7 Å². The second-order valence-electron chi connectivity index (χ2n) is 4.92. The Labute approximate surface area is 135 Å².